The van der Waals surface area contributed by atoms with Crippen molar-refractivity contribution >= 4 is 15.9 Å². The molecule has 19 heavy (non-hydrogen) atoms. The van der Waals surface area contributed by atoms with Crippen molar-refractivity contribution in [1.82, 2.24) is 0 Å². The lowest BCUT2D eigenvalue weighted by Gasteiger charge is -2.15. The molecule has 0 amide bonds. The third-order valence-electron chi connectivity index (χ3n) is 3.48. The maximum atomic E-state index is 5.92. The van der Waals surface area contributed by atoms with E-state index in [9.17, 15) is 0 Å². The number of benzene rings is 1. The molecule has 1 unspecified atom stereocenters. The zero-order valence-corrected chi connectivity index (χ0v) is 13.0. The number of rotatable bonds is 6. The van der Waals surface area contributed by atoms with Crippen LogP contribution in [0.4, 0.5) is 0 Å². The maximum Gasteiger partial charge on any atom is 0.126 e. The monoisotopic (exact) mass is 327 g/mol. The molecule has 1 atom stereocenters. The number of ether oxygens (including phenoxy) is 2. The van der Waals surface area contributed by atoms with Gasteiger partial charge in [0.15, 0.2) is 0 Å². The van der Waals surface area contributed by atoms with E-state index in [1.54, 1.807) is 0 Å². The highest BCUT2D eigenvalue weighted by molar-refractivity contribution is 9.10. The number of halogens is 1. The molecule has 2 rings (SSSR count). The maximum absolute atomic E-state index is 5.92. The molecule has 106 valence electrons. The number of hydrogen-bond acceptors (Lipinski definition) is 3. The van der Waals surface area contributed by atoms with Crippen LogP contribution in [0.5, 0.6) is 5.75 Å². The van der Waals surface area contributed by atoms with E-state index < -0.39 is 0 Å². The zero-order valence-electron chi connectivity index (χ0n) is 11.5. The van der Waals surface area contributed by atoms with Crippen LogP contribution in [0, 0.1) is 6.92 Å². The van der Waals surface area contributed by atoms with Gasteiger partial charge in [0.05, 0.1) is 12.7 Å². The second kappa shape index (κ2) is 7.27. The van der Waals surface area contributed by atoms with Crippen molar-refractivity contribution in [2.45, 2.75) is 45.3 Å². The lowest BCUT2D eigenvalue weighted by Crippen LogP contribution is -2.09. The quantitative estimate of drug-likeness (QED) is 0.812. The van der Waals surface area contributed by atoms with Gasteiger partial charge in [0.25, 0.3) is 0 Å². The van der Waals surface area contributed by atoms with E-state index in [-0.39, 0.29) is 0 Å². The summed E-state index contributed by atoms with van der Waals surface area (Å²) in [5, 5.41) is 0. The van der Waals surface area contributed by atoms with Gasteiger partial charge in [-0.25, -0.2) is 0 Å². The van der Waals surface area contributed by atoms with E-state index in [1.165, 1.54) is 12.8 Å². The zero-order chi connectivity index (χ0) is 13.7. The fourth-order valence-electron chi connectivity index (χ4n) is 2.51. The first-order valence-electron chi connectivity index (χ1n) is 6.94. The lowest BCUT2D eigenvalue weighted by atomic mass is 10.1. The average Bonchev–Trinajstić information content (AvgIpc) is 2.89. The van der Waals surface area contributed by atoms with Crippen LogP contribution in [0.2, 0.25) is 0 Å². The molecule has 3 nitrogen and oxygen atoms in total. The van der Waals surface area contributed by atoms with Gasteiger partial charge in [0.1, 0.15) is 5.75 Å². The highest BCUT2D eigenvalue weighted by Crippen LogP contribution is 2.28. The highest BCUT2D eigenvalue weighted by atomic mass is 79.9. The Balaban J connectivity index is 1.84. The molecule has 1 aliphatic rings. The molecule has 0 aromatic heterocycles. The fraction of sp³-hybridized carbons (Fsp3) is 0.600. The van der Waals surface area contributed by atoms with Crippen LogP contribution in [-0.4, -0.2) is 19.3 Å². The molecule has 0 aliphatic carbocycles. The predicted octanol–water partition coefficient (Wildman–Crippen LogP) is 3.55. The summed E-state index contributed by atoms with van der Waals surface area (Å²) >= 11 is 3.49. The molecule has 1 aliphatic heterocycles. The molecule has 4 heteroatoms. The molecule has 1 saturated heterocycles. The Labute approximate surface area is 123 Å². The summed E-state index contributed by atoms with van der Waals surface area (Å²) in [7, 11) is 0. The van der Waals surface area contributed by atoms with E-state index in [1.807, 2.05) is 6.07 Å². The van der Waals surface area contributed by atoms with Crippen LogP contribution < -0.4 is 10.5 Å². The Morgan fingerprint density at radius 2 is 2.32 bits per heavy atom. The molecule has 0 bridgehead atoms. The van der Waals surface area contributed by atoms with Crippen LogP contribution in [0.1, 0.15) is 36.8 Å². The summed E-state index contributed by atoms with van der Waals surface area (Å²) in [5.74, 6) is 0.943. The molecule has 1 heterocycles. The Morgan fingerprint density at radius 3 is 3.00 bits per heavy atom. The van der Waals surface area contributed by atoms with E-state index in [0.717, 1.165) is 47.4 Å². The smallest absolute Gasteiger partial charge is 0.126 e. The summed E-state index contributed by atoms with van der Waals surface area (Å²) in [5.41, 5.74) is 7.96. The van der Waals surface area contributed by atoms with Gasteiger partial charge < -0.3 is 15.2 Å². The van der Waals surface area contributed by atoms with E-state index in [0.29, 0.717) is 12.6 Å². The predicted molar refractivity (Wildman–Crippen MR) is 80.5 cm³/mol. The summed E-state index contributed by atoms with van der Waals surface area (Å²) in [6, 6.07) is 4.09. The summed E-state index contributed by atoms with van der Waals surface area (Å²) in [6.07, 6.45) is 4.97. The SMILES string of the molecule is Cc1cc(Br)cc(CN)c1OCCCC1CCCO1. The summed E-state index contributed by atoms with van der Waals surface area (Å²) in [6.45, 7) is 4.21. The normalized spacial score (nSPS) is 18.8. The largest absolute Gasteiger partial charge is 0.493 e. The first-order chi connectivity index (χ1) is 9.20. The van der Waals surface area contributed by atoms with Crippen LogP contribution in [0.15, 0.2) is 16.6 Å². The second-order valence-corrected chi connectivity index (χ2v) is 5.96. The lowest BCUT2D eigenvalue weighted by molar-refractivity contribution is 0.0980. The minimum absolute atomic E-state index is 0.448. The minimum atomic E-state index is 0.448. The second-order valence-electron chi connectivity index (χ2n) is 5.04. The standard InChI is InChI=1S/C15H22BrNO2/c1-11-8-13(16)9-12(10-17)15(11)19-7-3-5-14-4-2-6-18-14/h8-9,14H,2-7,10,17H2,1H3. The first kappa shape index (κ1) is 14.8. The van der Waals surface area contributed by atoms with Crippen LogP contribution in [0.3, 0.4) is 0 Å². The topological polar surface area (TPSA) is 44.5 Å². The molecule has 0 radical (unpaired) electrons. The van der Waals surface area contributed by atoms with Crippen molar-refractivity contribution in [1.29, 1.82) is 0 Å². The average molecular weight is 328 g/mol. The first-order valence-corrected chi connectivity index (χ1v) is 7.73. The van der Waals surface area contributed by atoms with Crippen LogP contribution in [-0.2, 0) is 11.3 Å². The summed E-state index contributed by atoms with van der Waals surface area (Å²) < 4.78 is 12.6. The Hall–Kier alpha value is -0.580. The van der Waals surface area contributed by atoms with Gasteiger partial charge in [0, 0.05) is 23.2 Å². The van der Waals surface area contributed by atoms with Gasteiger partial charge in [0.2, 0.25) is 0 Å². The van der Waals surface area contributed by atoms with E-state index >= 15 is 0 Å². The van der Waals surface area contributed by atoms with Gasteiger partial charge >= 0.3 is 0 Å². The van der Waals surface area contributed by atoms with Crippen molar-refractivity contribution in [2.24, 2.45) is 5.73 Å². The van der Waals surface area contributed by atoms with Crippen LogP contribution in [0.25, 0.3) is 0 Å². The number of nitrogens with two attached hydrogens (primary N) is 1. The van der Waals surface area contributed by atoms with Gasteiger partial charge in [-0.1, -0.05) is 15.9 Å². The van der Waals surface area contributed by atoms with E-state index in [2.05, 4.69) is 28.9 Å². The Kier molecular flexibility index (Phi) is 5.67. The molecule has 2 N–H and O–H groups in total. The molecule has 1 aromatic carbocycles. The molecule has 1 fully saturated rings. The van der Waals surface area contributed by atoms with Gasteiger partial charge in [-0.2, -0.15) is 0 Å². The molecular formula is C15H22BrNO2. The van der Waals surface area contributed by atoms with Crippen molar-refractivity contribution < 1.29 is 9.47 Å². The minimum Gasteiger partial charge on any atom is -0.493 e. The molecule has 0 saturated carbocycles. The Morgan fingerprint density at radius 1 is 1.47 bits per heavy atom. The number of hydrogen-bond donors (Lipinski definition) is 1. The van der Waals surface area contributed by atoms with Crippen molar-refractivity contribution in [3.63, 3.8) is 0 Å². The molecule has 1 aromatic rings. The number of aryl methyl sites for hydroxylation is 1. The fourth-order valence-corrected chi connectivity index (χ4v) is 3.13. The van der Waals surface area contributed by atoms with Crippen LogP contribution >= 0.6 is 15.9 Å². The highest BCUT2D eigenvalue weighted by Gasteiger charge is 2.15. The Bertz CT molecular complexity index is 417. The van der Waals surface area contributed by atoms with Gasteiger partial charge in [-0.3, -0.25) is 0 Å². The van der Waals surface area contributed by atoms with Gasteiger partial charge in [-0.15, -0.1) is 0 Å². The van der Waals surface area contributed by atoms with Crippen molar-refractivity contribution in [2.75, 3.05) is 13.2 Å². The van der Waals surface area contributed by atoms with E-state index in [4.69, 9.17) is 15.2 Å². The molecule has 0 spiro atoms. The van der Waals surface area contributed by atoms with Gasteiger partial charge in [-0.05, 0) is 50.3 Å². The summed E-state index contributed by atoms with van der Waals surface area (Å²) in [4.78, 5) is 0. The third-order valence-corrected chi connectivity index (χ3v) is 3.93. The van der Waals surface area contributed by atoms with Crippen molar-refractivity contribution in [3.8, 4) is 5.75 Å². The van der Waals surface area contributed by atoms with Crippen molar-refractivity contribution in [3.05, 3.63) is 27.7 Å². The molecular weight excluding hydrogens is 306 g/mol. The third kappa shape index (κ3) is 4.20.